The Bertz CT molecular complexity index is 528. The van der Waals surface area contributed by atoms with E-state index in [2.05, 4.69) is 10.3 Å². The predicted molar refractivity (Wildman–Crippen MR) is 67.6 cm³/mol. The van der Waals surface area contributed by atoms with Gasteiger partial charge in [0.2, 0.25) is 5.91 Å². The predicted octanol–water partition coefficient (Wildman–Crippen LogP) is 0.693. The summed E-state index contributed by atoms with van der Waals surface area (Å²) < 4.78 is 22.6. The second-order valence-electron chi connectivity index (χ2n) is 4.58. The molecule has 1 saturated heterocycles. The highest BCUT2D eigenvalue weighted by Gasteiger charge is 2.33. The lowest BCUT2D eigenvalue weighted by atomic mass is 10.1. The molecule has 1 N–H and O–H groups in total. The van der Waals surface area contributed by atoms with Gasteiger partial charge in [0.15, 0.2) is 9.84 Å². The fourth-order valence-corrected chi connectivity index (χ4v) is 3.78. The molecule has 0 spiro atoms. The lowest BCUT2D eigenvalue weighted by Crippen LogP contribution is -2.33. The van der Waals surface area contributed by atoms with Crippen LogP contribution < -0.4 is 5.32 Å². The standard InChI is InChI=1S/C12H16N2O3S/c1-9(11-4-2-3-6-13-11)14-12(15)10-5-7-18(16,17)8-10/h2-4,6,9-10H,5,7-8H2,1H3,(H,14,15)/t9-,10-/m0/s1. The second-order valence-corrected chi connectivity index (χ2v) is 6.81. The first-order valence-corrected chi connectivity index (χ1v) is 7.72. The Hall–Kier alpha value is -1.43. The lowest BCUT2D eigenvalue weighted by Gasteiger charge is -2.15. The van der Waals surface area contributed by atoms with Gasteiger partial charge in [-0.3, -0.25) is 9.78 Å². The Kier molecular flexibility index (Phi) is 3.65. The summed E-state index contributed by atoms with van der Waals surface area (Å²) >= 11 is 0. The molecular formula is C12H16N2O3S. The molecule has 0 saturated carbocycles. The third kappa shape index (κ3) is 3.07. The Labute approximate surface area is 107 Å². The minimum atomic E-state index is -3.02. The molecule has 18 heavy (non-hydrogen) atoms. The Morgan fingerprint density at radius 2 is 2.28 bits per heavy atom. The van der Waals surface area contributed by atoms with Gasteiger partial charge in [-0.25, -0.2) is 8.42 Å². The van der Waals surface area contributed by atoms with Crippen LogP contribution in [-0.4, -0.2) is 30.8 Å². The summed E-state index contributed by atoms with van der Waals surface area (Å²) in [7, 11) is -3.02. The minimum Gasteiger partial charge on any atom is -0.348 e. The van der Waals surface area contributed by atoms with Gasteiger partial charge in [0, 0.05) is 6.20 Å². The largest absolute Gasteiger partial charge is 0.348 e. The average Bonchev–Trinajstić information content (AvgIpc) is 2.71. The van der Waals surface area contributed by atoms with E-state index in [-0.39, 0.29) is 23.5 Å². The van der Waals surface area contributed by atoms with Gasteiger partial charge in [-0.15, -0.1) is 0 Å². The molecule has 0 unspecified atom stereocenters. The molecule has 98 valence electrons. The highest BCUT2D eigenvalue weighted by atomic mass is 32.2. The van der Waals surface area contributed by atoms with Gasteiger partial charge in [-0.2, -0.15) is 0 Å². The fourth-order valence-electron chi connectivity index (χ4n) is 2.04. The van der Waals surface area contributed by atoms with Crippen molar-refractivity contribution in [3.05, 3.63) is 30.1 Å². The molecule has 2 rings (SSSR count). The molecule has 0 aliphatic carbocycles. The van der Waals surface area contributed by atoms with Crippen molar-refractivity contribution >= 4 is 15.7 Å². The molecule has 0 aromatic carbocycles. The molecule has 1 amide bonds. The van der Waals surface area contributed by atoms with Gasteiger partial charge >= 0.3 is 0 Å². The number of rotatable bonds is 3. The molecule has 2 heterocycles. The van der Waals surface area contributed by atoms with Gasteiger partial charge in [0.1, 0.15) is 0 Å². The van der Waals surface area contributed by atoms with Crippen LogP contribution >= 0.6 is 0 Å². The van der Waals surface area contributed by atoms with E-state index in [9.17, 15) is 13.2 Å². The quantitative estimate of drug-likeness (QED) is 0.875. The van der Waals surface area contributed by atoms with Crippen LogP contribution in [0.4, 0.5) is 0 Å². The van der Waals surface area contributed by atoms with Gasteiger partial charge < -0.3 is 5.32 Å². The topological polar surface area (TPSA) is 76.1 Å². The monoisotopic (exact) mass is 268 g/mol. The molecule has 0 bridgehead atoms. The molecule has 1 aromatic heterocycles. The van der Waals surface area contributed by atoms with Gasteiger partial charge in [0.25, 0.3) is 0 Å². The highest BCUT2D eigenvalue weighted by Crippen LogP contribution is 2.19. The van der Waals surface area contributed by atoms with E-state index in [0.717, 1.165) is 5.69 Å². The van der Waals surface area contributed by atoms with Crippen molar-refractivity contribution in [1.82, 2.24) is 10.3 Å². The number of amides is 1. The van der Waals surface area contributed by atoms with Crippen molar-refractivity contribution < 1.29 is 13.2 Å². The number of aromatic nitrogens is 1. The second kappa shape index (κ2) is 5.06. The van der Waals surface area contributed by atoms with Gasteiger partial charge in [-0.05, 0) is 25.5 Å². The number of hydrogen-bond donors (Lipinski definition) is 1. The number of hydrogen-bond acceptors (Lipinski definition) is 4. The van der Waals surface area contributed by atoms with Crippen LogP contribution in [0, 0.1) is 5.92 Å². The number of nitrogens with zero attached hydrogens (tertiary/aromatic N) is 1. The molecule has 1 aliphatic heterocycles. The third-order valence-electron chi connectivity index (χ3n) is 3.09. The van der Waals surface area contributed by atoms with Crippen LogP contribution in [0.1, 0.15) is 25.1 Å². The first kappa shape index (κ1) is 13.0. The normalized spacial score (nSPS) is 23.5. The molecule has 5 nitrogen and oxygen atoms in total. The van der Waals surface area contributed by atoms with Crippen LogP contribution in [0.2, 0.25) is 0 Å². The van der Waals surface area contributed by atoms with E-state index >= 15 is 0 Å². The van der Waals surface area contributed by atoms with Crippen molar-refractivity contribution in [2.24, 2.45) is 5.92 Å². The lowest BCUT2D eigenvalue weighted by molar-refractivity contribution is -0.124. The summed E-state index contributed by atoms with van der Waals surface area (Å²) in [5, 5.41) is 2.81. The van der Waals surface area contributed by atoms with Crippen LogP contribution in [0.5, 0.6) is 0 Å². The maximum absolute atomic E-state index is 11.9. The number of carbonyl (C=O) groups is 1. The van der Waals surface area contributed by atoms with Crippen LogP contribution in [0.3, 0.4) is 0 Å². The Balaban J connectivity index is 1.96. The van der Waals surface area contributed by atoms with Crippen LogP contribution in [-0.2, 0) is 14.6 Å². The molecular weight excluding hydrogens is 252 g/mol. The fraction of sp³-hybridized carbons (Fsp3) is 0.500. The van der Waals surface area contributed by atoms with E-state index in [1.54, 1.807) is 6.20 Å². The highest BCUT2D eigenvalue weighted by molar-refractivity contribution is 7.91. The van der Waals surface area contributed by atoms with Crippen LogP contribution in [0.15, 0.2) is 24.4 Å². The molecule has 1 fully saturated rings. The number of nitrogens with one attached hydrogen (secondary N) is 1. The number of pyridine rings is 1. The summed E-state index contributed by atoms with van der Waals surface area (Å²) in [6.07, 6.45) is 2.08. The zero-order valence-corrected chi connectivity index (χ0v) is 11.0. The van der Waals surface area contributed by atoms with Crippen molar-refractivity contribution in [1.29, 1.82) is 0 Å². The average molecular weight is 268 g/mol. The number of sulfone groups is 1. The summed E-state index contributed by atoms with van der Waals surface area (Å²) in [5.74, 6) is -0.535. The van der Waals surface area contributed by atoms with Crippen LogP contribution in [0.25, 0.3) is 0 Å². The number of carbonyl (C=O) groups excluding carboxylic acids is 1. The minimum absolute atomic E-state index is 0.0340. The summed E-state index contributed by atoms with van der Waals surface area (Å²) in [4.78, 5) is 16.1. The Morgan fingerprint density at radius 1 is 1.50 bits per heavy atom. The smallest absolute Gasteiger partial charge is 0.224 e. The van der Waals surface area contributed by atoms with Crippen molar-refractivity contribution in [2.45, 2.75) is 19.4 Å². The molecule has 6 heteroatoms. The summed E-state index contributed by atoms with van der Waals surface area (Å²) in [5.41, 5.74) is 0.770. The van der Waals surface area contributed by atoms with E-state index in [4.69, 9.17) is 0 Å². The maximum atomic E-state index is 11.9. The van der Waals surface area contributed by atoms with E-state index in [1.165, 1.54) is 0 Å². The maximum Gasteiger partial charge on any atom is 0.224 e. The van der Waals surface area contributed by atoms with E-state index < -0.39 is 15.8 Å². The third-order valence-corrected chi connectivity index (χ3v) is 4.86. The molecule has 1 aliphatic rings. The molecule has 0 radical (unpaired) electrons. The van der Waals surface area contributed by atoms with Crippen molar-refractivity contribution in [2.75, 3.05) is 11.5 Å². The van der Waals surface area contributed by atoms with Crippen molar-refractivity contribution in [3.8, 4) is 0 Å². The zero-order chi connectivity index (χ0) is 13.2. The molecule has 1 aromatic rings. The van der Waals surface area contributed by atoms with Gasteiger partial charge in [0.05, 0.1) is 29.2 Å². The van der Waals surface area contributed by atoms with Crippen molar-refractivity contribution in [3.63, 3.8) is 0 Å². The zero-order valence-electron chi connectivity index (χ0n) is 10.2. The van der Waals surface area contributed by atoms with E-state index in [1.807, 2.05) is 25.1 Å². The first-order chi connectivity index (χ1) is 8.48. The summed E-state index contributed by atoms with van der Waals surface area (Å²) in [6, 6.07) is 5.28. The Morgan fingerprint density at radius 3 is 2.83 bits per heavy atom. The van der Waals surface area contributed by atoms with E-state index in [0.29, 0.717) is 6.42 Å². The molecule has 2 atom stereocenters. The SMILES string of the molecule is C[C@H](NC(=O)[C@H]1CCS(=O)(=O)C1)c1ccccn1. The summed E-state index contributed by atoms with van der Waals surface area (Å²) in [6.45, 7) is 1.84. The van der Waals surface area contributed by atoms with Gasteiger partial charge in [-0.1, -0.05) is 6.07 Å². The first-order valence-electron chi connectivity index (χ1n) is 5.90.